The minimum Gasteiger partial charge on any atom is -0.453 e. The standard InChI is InChI=1S/C23H18BrF3O4/c24-17-8-3-1-6-15(17)14-22(12-5-13-22)31-21(28)20-11-10-18(29-20)16-7-2-4-9-19(16)30-23(25,26)27/h1-4,6-11H,5,12-14H2. The van der Waals surface area contributed by atoms with Gasteiger partial charge in [0.1, 0.15) is 17.1 Å². The minimum absolute atomic E-state index is 0.0739. The van der Waals surface area contributed by atoms with Crippen LogP contribution in [0.15, 0.2) is 69.6 Å². The lowest BCUT2D eigenvalue weighted by molar-refractivity contribution is -0.274. The summed E-state index contributed by atoms with van der Waals surface area (Å²) in [6, 6.07) is 16.2. The lowest BCUT2D eigenvalue weighted by atomic mass is 9.75. The Morgan fingerprint density at radius 1 is 1.03 bits per heavy atom. The molecule has 2 aromatic carbocycles. The fourth-order valence-electron chi connectivity index (χ4n) is 3.60. The molecular formula is C23H18BrF3O4. The first kappa shape index (κ1) is 21.5. The van der Waals surface area contributed by atoms with Gasteiger partial charge in [0.15, 0.2) is 0 Å². The van der Waals surface area contributed by atoms with E-state index < -0.39 is 23.7 Å². The summed E-state index contributed by atoms with van der Waals surface area (Å²) in [4.78, 5) is 12.7. The van der Waals surface area contributed by atoms with Crippen LogP contribution in [0.3, 0.4) is 0 Å². The van der Waals surface area contributed by atoms with Gasteiger partial charge < -0.3 is 13.9 Å². The average molecular weight is 495 g/mol. The Morgan fingerprint density at radius 2 is 1.74 bits per heavy atom. The van der Waals surface area contributed by atoms with Crippen LogP contribution in [0.2, 0.25) is 0 Å². The zero-order valence-electron chi connectivity index (χ0n) is 16.2. The van der Waals surface area contributed by atoms with Crippen LogP contribution in [-0.4, -0.2) is 17.9 Å². The Labute approximate surface area is 185 Å². The maximum absolute atomic E-state index is 12.7. The zero-order chi connectivity index (χ0) is 22.1. The monoisotopic (exact) mass is 494 g/mol. The van der Waals surface area contributed by atoms with E-state index in [1.165, 1.54) is 30.3 Å². The number of hydrogen-bond acceptors (Lipinski definition) is 4. The summed E-state index contributed by atoms with van der Waals surface area (Å²) in [6.07, 6.45) is -1.86. The van der Waals surface area contributed by atoms with Crippen LogP contribution in [0.1, 0.15) is 35.4 Å². The third-order valence-corrected chi connectivity index (χ3v) is 6.00. The van der Waals surface area contributed by atoms with Crippen molar-refractivity contribution in [2.45, 2.75) is 37.6 Å². The molecule has 4 nitrogen and oxygen atoms in total. The first-order valence-electron chi connectivity index (χ1n) is 9.66. The van der Waals surface area contributed by atoms with Gasteiger partial charge in [0.05, 0.1) is 5.56 Å². The normalized spacial score (nSPS) is 15.2. The number of carbonyl (C=O) groups excluding carboxylic acids is 1. The number of benzene rings is 2. The SMILES string of the molecule is O=C(OC1(Cc2ccccc2Br)CCC1)c1ccc(-c2ccccc2OC(F)(F)F)o1. The molecule has 0 N–H and O–H groups in total. The summed E-state index contributed by atoms with van der Waals surface area (Å²) >= 11 is 3.52. The number of furan rings is 1. The molecule has 0 atom stereocenters. The first-order valence-corrected chi connectivity index (χ1v) is 10.5. The smallest absolute Gasteiger partial charge is 0.453 e. The molecule has 3 aromatic rings. The van der Waals surface area contributed by atoms with Crippen molar-refractivity contribution in [2.24, 2.45) is 0 Å². The van der Waals surface area contributed by atoms with Crippen molar-refractivity contribution in [2.75, 3.05) is 0 Å². The lowest BCUT2D eigenvalue weighted by Crippen LogP contribution is -2.44. The van der Waals surface area contributed by atoms with Crippen LogP contribution in [0, 0.1) is 0 Å². The molecular weight excluding hydrogens is 477 g/mol. The predicted molar refractivity (Wildman–Crippen MR) is 111 cm³/mol. The van der Waals surface area contributed by atoms with Crippen molar-refractivity contribution in [3.05, 3.63) is 76.5 Å². The lowest BCUT2D eigenvalue weighted by Gasteiger charge is -2.41. The van der Waals surface area contributed by atoms with E-state index in [4.69, 9.17) is 9.15 Å². The molecule has 1 fully saturated rings. The van der Waals surface area contributed by atoms with E-state index in [9.17, 15) is 18.0 Å². The van der Waals surface area contributed by atoms with Gasteiger partial charge in [0.25, 0.3) is 0 Å². The van der Waals surface area contributed by atoms with Gasteiger partial charge in [0.2, 0.25) is 5.76 Å². The largest absolute Gasteiger partial charge is 0.573 e. The van der Waals surface area contributed by atoms with E-state index >= 15 is 0 Å². The highest BCUT2D eigenvalue weighted by atomic mass is 79.9. The third-order valence-electron chi connectivity index (χ3n) is 5.23. The maximum atomic E-state index is 12.7. The number of hydrogen-bond donors (Lipinski definition) is 0. The summed E-state index contributed by atoms with van der Waals surface area (Å²) in [7, 11) is 0. The number of esters is 1. The second-order valence-corrected chi connectivity index (χ2v) is 8.26. The van der Waals surface area contributed by atoms with Crippen LogP contribution < -0.4 is 4.74 Å². The summed E-state index contributed by atoms with van der Waals surface area (Å²) in [5, 5.41) is 0. The van der Waals surface area contributed by atoms with Crippen molar-refractivity contribution < 1.29 is 31.9 Å². The van der Waals surface area contributed by atoms with Crippen LogP contribution in [0.5, 0.6) is 5.75 Å². The number of ether oxygens (including phenoxy) is 2. The topological polar surface area (TPSA) is 48.7 Å². The predicted octanol–water partition coefficient (Wildman–Crippen LogP) is 6.93. The minimum atomic E-state index is -4.84. The summed E-state index contributed by atoms with van der Waals surface area (Å²) in [5.41, 5.74) is 0.504. The Morgan fingerprint density at radius 3 is 2.42 bits per heavy atom. The Bertz CT molecular complexity index is 1090. The van der Waals surface area contributed by atoms with Gasteiger partial charge in [-0.2, -0.15) is 0 Å². The van der Waals surface area contributed by atoms with E-state index in [1.54, 1.807) is 6.07 Å². The molecule has 0 saturated heterocycles. The van der Waals surface area contributed by atoms with Crippen molar-refractivity contribution in [3.8, 4) is 17.1 Å². The first-order chi connectivity index (χ1) is 14.7. The van der Waals surface area contributed by atoms with Gasteiger partial charge in [-0.25, -0.2) is 4.79 Å². The maximum Gasteiger partial charge on any atom is 0.573 e. The van der Waals surface area contributed by atoms with Crippen LogP contribution in [-0.2, 0) is 11.2 Å². The zero-order valence-corrected chi connectivity index (χ0v) is 17.8. The highest BCUT2D eigenvalue weighted by molar-refractivity contribution is 9.10. The molecule has 0 amide bonds. The molecule has 1 heterocycles. The number of para-hydroxylation sites is 1. The van der Waals surface area contributed by atoms with Crippen LogP contribution >= 0.6 is 15.9 Å². The molecule has 1 aromatic heterocycles. The van der Waals surface area contributed by atoms with Crippen LogP contribution in [0.4, 0.5) is 13.2 Å². The molecule has 1 aliphatic carbocycles. The van der Waals surface area contributed by atoms with Gasteiger partial charge in [-0.1, -0.05) is 46.3 Å². The Hall–Kier alpha value is -2.74. The van der Waals surface area contributed by atoms with E-state index in [-0.39, 0.29) is 17.1 Å². The number of carbonyl (C=O) groups is 1. The molecule has 0 aliphatic heterocycles. The molecule has 4 rings (SSSR count). The van der Waals surface area contributed by atoms with Gasteiger partial charge in [0, 0.05) is 10.9 Å². The Kier molecular flexibility index (Phi) is 5.83. The van der Waals surface area contributed by atoms with Crippen molar-refractivity contribution >= 4 is 21.9 Å². The number of halogens is 4. The number of alkyl halides is 3. The quantitative estimate of drug-likeness (QED) is 0.348. The third kappa shape index (κ3) is 4.95. The van der Waals surface area contributed by atoms with Gasteiger partial charge in [-0.3, -0.25) is 0 Å². The fraction of sp³-hybridized carbons (Fsp3) is 0.261. The van der Waals surface area contributed by atoms with Crippen LogP contribution in [0.25, 0.3) is 11.3 Å². The van der Waals surface area contributed by atoms with Gasteiger partial charge in [-0.15, -0.1) is 13.2 Å². The van der Waals surface area contributed by atoms with E-state index in [2.05, 4.69) is 20.7 Å². The van der Waals surface area contributed by atoms with E-state index in [1.807, 2.05) is 24.3 Å². The highest BCUT2D eigenvalue weighted by Crippen LogP contribution is 2.41. The molecule has 8 heteroatoms. The summed E-state index contributed by atoms with van der Waals surface area (Å²) in [5.74, 6) is -1.05. The van der Waals surface area contributed by atoms with E-state index in [0.29, 0.717) is 6.42 Å². The van der Waals surface area contributed by atoms with Crippen molar-refractivity contribution in [1.82, 2.24) is 0 Å². The second-order valence-electron chi connectivity index (χ2n) is 7.40. The summed E-state index contributed by atoms with van der Waals surface area (Å²) < 4.78 is 54.4. The molecule has 1 saturated carbocycles. The highest BCUT2D eigenvalue weighted by Gasteiger charge is 2.42. The molecule has 0 radical (unpaired) electrons. The molecule has 0 unspecified atom stereocenters. The number of rotatable bonds is 6. The van der Waals surface area contributed by atoms with Crippen molar-refractivity contribution in [1.29, 1.82) is 0 Å². The molecule has 162 valence electrons. The molecule has 1 aliphatic rings. The molecule has 0 spiro atoms. The second kappa shape index (κ2) is 8.42. The van der Waals surface area contributed by atoms with E-state index in [0.717, 1.165) is 29.3 Å². The van der Waals surface area contributed by atoms with Crippen molar-refractivity contribution in [3.63, 3.8) is 0 Å². The van der Waals surface area contributed by atoms with Gasteiger partial charge >= 0.3 is 12.3 Å². The van der Waals surface area contributed by atoms with Gasteiger partial charge in [-0.05, 0) is 55.2 Å². The average Bonchev–Trinajstić information content (AvgIpc) is 3.17. The fourth-order valence-corrected chi connectivity index (χ4v) is 4.02. The summed E-state index contributed by atoms with van der Waals surface area (Å²) in [6.45, 7) is 0. The molecule has 31 heavy (non-hydrogen) atoms. The molecule has 0 bridgehead atoms. The Balaban J connectivity index is 1.52.